The molecule has 0 aliphatic heterocycles. The molecule has 2 heteroatoms. The van der Waals surface area contributed by atoms with Crippen molar-refractivity contribution in [2.45, 2.75) is 38.5 Å². The molecular formula is C23H29NS. The Labute approximate surface area is 153 Å². The number of rotatable bonds is 2. The highest BCUT2D eigenvalue weighted by Gasteiger charge is 2.28. The van der Waals surface area contributed by atoms with Gasteiger partial charge in [0.15, 0.2) is 0 Å². The van der Waals surface area contributed by atoms with Crippen LogP contribution in [-0.2, 0) is 17.7 Å². The van der Waals surface area contributed by atoms with Crippen molar-refractivity contribution in [2.75, 3.05) is 18.8 Å². The largest absolute Gasteiger partial charge is 0.332 e. The van der Waals surface area contributed by atoms with Gasteiger partial charge in [-0.05, 0) is 53.0 Å². The first-order valence-corrected chi connectivity index (χ1v) is 12.1. The summed E-state index contributed by atoms with van der Waals surface area (Å²) >= 11 is 0. The fraction of sp³-hybridized carbons (Fsp3) is 0.391. The van der Waals surface area contributed by atoms with E-state index in [1.165, 1.54) is 38.9 Å². The van der Waals surface area contributed by atoms with Gasteiger partial charge in [0.25, 0.3) is 0 Å². The molecule has 1 aromatic heterocycles. The molecule has 4 rings (SSSR count). The fourth-order valence-electron chi connectivity index (χ4n) is 3.99. The molecular weight excluding hydrogens is 322 g/mol. The van der Waals surface area contributed by atoms with E-state index in [4.69, 9.17) is 0 Å². The van der Waals surface area contributed by atoms with E-state index in [1.54, 1.807) is 0 Å². The zero-order valence-corrected chi connectivity index (χ0v) is 17.1. The van der Waals surface area contributed by atoms with Crippen LogP contribution in [0.25, 0.3) is 22.2 Å². The third kappa shape index (κ3) is 2.81. The summed E-state index contributed by atoms with van der Waals surface area (Å²) in [4.78, 5) is 0. The van der Waals surface area contributed by atoms with E-state index in [9.17, 15) is 0 Å². The number of benzene rings is 2. The van der Waals surface area contributed by atoms with Gasteiger partial charge in [-0.1, -0.05) is 51.1 Å². The zero-order valence-electron chi connectivity index (χ0n) is 16.3. The molecule has 0 saturated heterocycles. The van der Waals surface area contributed by atoms with Gasteiger partial charge in [-0.3, -0.25) is 0 Å². The second-order valence-electron chi connectivity index (χ2n) is 9.29. The summed E-state index contributed by atoms with van der Waals surface area (Å²) in [7, 11) is -0.638. The van der Waals surface area contributed by atoms with Crippen molar-refractivity contribution >= 4 is 20.9 Å². The molecule has 1 aliphatic rings. The Morgan fingerprint density at radius 2 is 1.72 bits per heavy atom. The van der Waals surface area contributed by atoms with Crippen molar-refractivity contribution in [1.29, 1.82) is 0 Å². The maximum Gasteiger partial charge on any atom is 0.0537 e. The Hall–Kier alpha value is -1.67. The standard InChI is InChI=1S/C23H29NS/c1-23(2,3)17-11-12-21-19(14-17)20-13-16-9-7-8-10-18(16)22(20)24(21)15-25(4,5)6/h7-12,14H,13,15H2,1-6H3. The predicted octanol–water partition coefficient (Wildman–Crippen LogP) is 6.16. The lowest BCUT2D eigenvalue weighted by atomic mass is 9.86. The topological polar surface area (TPSA) is 4.93 Å². The summed E-state index contributed by atoms with van der Waals surface area (Å²) in [6.45, 7) is 6.91. The van der Waals surface area contributed by atoms with Crippen molar-refractivity contribution < 1.29 is 0 Å². The Morgan fingerprint density at radius 1 is 1.00 bits per heavy atom. The van der Waals surface area contributed by atoms with Gasteiger partial charge in [-0.2, -0.15) is 0 Å². The molecule has 0 fully saturated rings. The van der Waals surface area contributed by atoms with Gasteiger partial charge in [0.1, 0.15) is 0 Å². The van der Waals surface area contributed by atoms with Crippen LogP contribution in [0.4, 0.5) is 0 Å². The average molecular weight is 352 g/mol. The number of aromatic nitrogens is 1. The van der Waals surface area contributed by atoms with E-state index in [2.05, 4.69) is 86.6 Å². The van der Waals surface area contributed by atoms with Crippen molar-refractivity contribution in [3.8, 4) is 11.3 Å². The van der Waals surface area contributed by atoms with Crippen molar-refractivity contribution in [2.24, 2.45) is 0 Å². The minimum atomic E-state index is -0.638. The molecule has 0 saturated carbocycles. The Bertz CT molecular complexity index is 964. The number of nitrogens with zero attached hydrogens (tertiary/aromatic N) is 1. The molecule has 1 nitrogen and oxygen atoms in total. The quantitative estimate of drug-likeness (QED) is 0.407. The molecule has 0 amide bonds. The van der Waals surface area contributed by atoms with Crippen molar-refractivity contribution in [3.05, 3.63) is 59.2 Å². The van der Waals surface area contributed by atoms with Crippen LogP contribution >= 0.6 is 10.0 Å². The van der Waals surface area contributed by atoms with Crippen LogP contribution in [0.3, 0.4) is 0 Å². The van der Waals surface area contributed by atoms with Gasteiger partial charge in [0.05, 0.1) is 11.6 Å². The lowest BCUT2D eigenvalue weighted by Gasteiger charge is -2.28. The molecule has 0 unspecified atom stereocenters. The lowest BCUT2D eigenvalue weighted by molar-refractivity contribution is 0.591. The molecule has 0 radical (unpaired) electrons. The molecule has 0 atom stereocenters. The molecule has 132 valence electrons. The number of hydrogen-bond donors (Lipinski definition) is 0. The van der Waals surface area contributed by atoms with Gasteiger partial charge in [-0.15, -0.1) is 0 Å². The van der Waals surface area contributed by atoms with Crippen LogP contribution in [0.15, 0.2) is 42.5 Å². The first kappa shape index (κ1) is 16.8. The smallest absolute Gasteiger partial charge is 0.0537 e. The minimum Gasteiger partial charge on any atom is -0.332 e. The summed E-state index contributed by atoms with van der Waals surface area (Å²) < 4.78 is 2.61. The third-order valence-electron chi connectivity index (χ3n) is 5.19. The first-order chi connectivity index (χ1) is 11.6. The van der Waals surface area contributed by atoms with Gasteiger partial charge in [0, 0.05) is 22.9 Å². The van der Waals surface area contributed by atoms with E-state index in [0.29, 0.717) is 0 Å². The minimum absolute atomic E-state index is 0.184. The van der Waals surface area contributed by atoms with Gasteiger partial charge in [0.2, 0.25) is 0 Å². The molecule has 3 aromatic rings. The van der Waals surface area contributed by atoms with E-state index in [1.807, 2.05) is 0 Å². The summed E-state index contributed by atoms with van der Waals surface area (Å²) in [6.07, 6.45) is 8.31. The summed E-state index contributed by atoms with van der Waals surface area (Å²) in [5, 5.41) is 1.46. The third-order valence-corrected chi connectivity index (χ3v) is 6.22. The van der Waals surface area contributed by atoms with Gasteiger partial charge in [-0.25, -0.2) is 10.0 Å². The van der Waals surface area contributed by atoms with Crippen LogP contribution in [0.5, 0.6) is 0 Å². The van der Waals surface area contributed by atoms with E-state index in [0.717, 1.165) is 12.3 Å². The van der Waals surface area contributed by atoms with Crippen LogP contribution in [-0.4, -0.2) is 23.3 Å². The second kappa shape index (κ2) is 5.41. The Kier molecular flexibility index (Phi) is 3.63. The summed E-state index contributed by atoms with van der Waals surface area (Å²) in [6, 6.07) is 16.1. The zero-order chi connectivity index (χ0) is 18.0. The monoisotopic (exact) mass is 351 g/mol. The van der Waals surface area contributed by atoms with Crippen LogP contribution in [0.2, 0.25) is 0 Å². The van der Waals surface area contributed by atoms with Crippen LogP contribution < -0.4 is 0 Å². The van der Waals surface area contributed by atoms with Crippen molar-refractivity contribution in [1.82, 2.24) is 4.57 Å². The predicted molar refractivity (Wildman–Crippen MR) is 114 cm³/mol. The van der Waals surface area contributed by atoms with Gasteiger partial charge < -0.3 is 4.57 Å². The Morgan fingerprint density at radius 3 is 2.40 bits per heavy atom. The normalized spacial score (nSPS) is 14.6. The molecule has 25 heavy (non-hydrogen) atoms. The average Bonchev–Trinajstić information content (AvgIpc) is 3.01. The molecule has 1 aliphatic carbocycles. The highest BCUT2D eigenvalue weighted by molar-refractivity contribution is 8.31. The maximum absolute atomic E-state index is 2.61. The second-order valence-corrected chi connectivity index (χ2v) is 13.7. The van der Waals surface area contributed by atoms with E-state index in [-0.39, 0.29) is 5.41 Å². The molecule has 1 heterocycles. The number of fused-ring (bicyclic) bond motifs is 5. The fourth-order valence-corrected chi connectivity index (χ4v) is 5.04. The highest BCUT2D eigenvalue weighted by Crippen LogP contribution is 2.47. The SMILES string of the molecule is CC(C)(C)c1ccc2c(c1)c1c(n2CS(C)(C)C)-c2ccccc2C1. The van der Waals surface area contributed by atoms with Crippen molar-refractivity contribution in [3.63, 3.8) is 0 Å². The van der Waals surface area contributed by atoms with Gasteiger partial charge >= 0.3 is 0 Å². The lowest BCUT2D eigenvalue weighted by Crippen LogP contribution is -2.11. The molecule has 0 N–H and O–H groups in total. The highest BCUT2D eigenvalue weighted by atomic mass is 32.3. The summed E-state index contributed by atoms with van der Waals surface area (Å²) in [5.74, 6) is 1.13. The number of hydrogen-bond acceptors (Lipinski definition) is 0. The molecule has 2 aromatic carbocycles. The van der Waals surface area contributed by atoms with Crippen LogP contribution in [0, 0.1) is 0 Å². The molecule has 0 spiro atoms. The first-order valence-electron chi connectivity index (χ1n) is 9.05. The maximum atomic E-state index is 2.61. The Balaban J connectivity index is 2.03. The summed E-state index contributed by atoms with van der Waals surface area (Å²) in [5.41, 5.74) is 8.95. The van der Waals surface area contributed by atoms with E-state index >= 15 is 0 Å². The van der Waals surface area contributed by atoms with E-state index < -0.39 is 10.0 Å². The van der Waals surface area contributed by atoms with Crippen LogP contribution in [0.1, 0.15) is 37.5 Å². The molecule has 0 bridgehead atoms.